The number of rotatable bonds is 2. The number of hydrogen-bond donors (Lipinski definition) is 1. The van der Waals surface area contributed by atoms with Gasteiger partial charge >= 0.3 is 0 Å². The van der Waals surface area contributed by atoms with Crippen molar-refractivity contribution < 1.29 is 4.74 Å². The summed E-state index contributed by atoms with van der Waals surface area (Å²) in [6.45, 7) is 1.92. The molecule has 3 aliphatic rings. The lowest BCUT2D eigenvalue weighted by molar-refractivity contribution is 0.185. The van der Waals surface area contributed by atoms with Gasteiger partial charge in [-0.1, -0.05) is 12.8 Å². The lowest BCUT2D eigenvalue weighted by Gasteiger charge is -2.25. The first kappa shape index (κ1) is 8.25. The molecule has 1 heterocycles. The summed E-state index contributed by atoms with van der Waals surface area (Å²) in [7, 11) is 0. The zero-order valence-electron chi connectivity index (χ0n) is 8.17. The number of nitrogens with one attached hydrogen (secondary N) is 1. The number of fused-ring (bicyclic) bond motifs is 1. The minimum atomic E-state index is 0.671. The van der Waals surface area contributed by atoms with Gasteiger partial charge in [-0.15, -0.1) is 0 Å². The second-order valence-corrected chi connectivity index (χ2v) is 4.92. The maximum absolute atomic E-state index is 5.38. The van der Waals surface area contributed by atoms with E-state index in [1.807, 2.05) is 0 Å². The number of hydrogen-bond acceptors (Lipinski definition) is 2. The van der Waals surface area contributed by atoms with E-state index in [2.05, 4.69) is 5.32 Å². The molecule has 1 N–H and O–H groups in total. The van der Waals surface area contributed by atoms with Crippen molar-refractivity contribution in [1.29, 1.82) is 0 Å². The van der Waals surface area contributed by atoms with Gasteiger partial charge in [0.25, 0.3) is 0 Å². The summed E-state index contributed by atoms with van der Waals surface area (Å²) in [5.41, 5.74) is 0. The molecule has 0 aromatic heterocycles. The Labute approximate surface area is 80.0 Å². The lowest BCUT2D eigenvalue weighted by Crippen LogP contribution is -2.41. The van der Waals surface area contributed by atoms with Gasteiger partial charge in [0.05, 0.1) is 6.61 Å². The van der Waals surface area contributed by atoms with Crippen LogP contribution < -0.4 is 5.32 Å². The van der Waals surface area contributed by atoms with Crippen LogP contribution in [0, 0.1) is 11.8 Å². The monoisotopic (exact) mass is 181 g/mol. The van der Waals surface area contributed by atoms with Crippen LogP contribution in [0.5, 0.6) is 0 Å². The quantitative estimate of drug-likeness (QED) is 0.698. The minimum absolute atomic E-state index is 0.671. The Kier molecular flexibility index (Phi) is 2.06. The maximum atomic E-state index is 5.38. The smallest absolute Gasteiger partial charge is 0.0620 e. The van der Waals surface area contributed by atoms with E-state index in [0.717, 1.165) is 31.1 Å². The fourth-order valence-electron chi connectivity index (χ4n) is 3.09. The molecule has 13 heavy (non-hydrogen) atoms. The van der Waals surface area contributed by atoms with Gasteiger partial charge in [-0.2, -0.15) is 0 Å². The molecule has 2 nitrogen and oxygen atoms in total. The van der Waals surface area contributed by atoms with Crippen LogP contribution in [-0.4, -0.2) is 25.3 Å². The standard InChI is InChI=1S/C11H19NO/c1-2-8-6-10(8)11(3-1)12-9-4-5-13-7-9/h8-12H,1-7H2/t8-,9?,10+,11?/m0/s1. The van der Waals surface area contributed by atoms with E-state index >= 15 is 0 Å². The zero-order valence-corrected chi connectivity index (χ0v) is 8.17. The van der Waals surface area contributed by atoms with Gasteiger partial charge in [-0.05, 0) is 31.1 Å². The molecule has 2 aliphatic carbocycles. The van der Waals surface area contributed by atoms with Crippen LogP contribution in [0.2, 0.25) is 0 Å². The third kappa shape index (κ3) is 1.62. The van der Waals surface area contributed by atoms with Crippen LogP contribution in [0.4, 0.5) is 0 Å². The van der Waals surface area contributed by atoms with E-state index in [1.54, 1.807) is 0 Å². The molecule has 3 fully saturated rings. The van der Waals surface area contributed by atoms with Crippen molar-refractivity contribution >= 4 is 0 Å². The van der Waals surface area contributed by atoms with E-state index in [4.69, 9.17) is 4.74 Å². The largest absolute Gasteiger partial charge is 0.380 e. The van der Waals surface area contributed by atoms with E-state index < -0.39 is 0 Å². The van der Waals surface area contributed by atoms with Crippen molar-refractivity contribution in [1.82, 2.24) is 5.32 Å². The predicted molar refractivity (Wildman–Crippen MR) is 51.6 cm³/mol. The lowest BCUT2D eigenvalue weighted by atomic mass is 9.95. The van der Waals surface area contributed by atoms with Crippen LogP contribution in [-0.2, 0) is 4.74 Å². The Morgan fingerprint density at radius 2 is 2.15 bits per heavy atom. The molecule has 2 heteroatoms. The van der Waals surface area contributed by atoms with E-state index in [-0.39, 0.29) is 0 Å². The van der Waals surface area contributed by atoms with Gasteiger partial charge in [-0.3, -0.25) is 0 Å². The van der Waals surface area contributed by atoms with Crippen LogP contribution in [0.1, 0.15) is 32.1 Å². The average Bonchev–Trinajstić information content (AvgIpc) is 2.77. The molecular formula is C11H19NO. The molecule has 0 bridgehead atoms. The van der Waals surface area contributed by atoms with Gasteiger partial charge in [0.1, 0.15) is 0 Å². The SMILES string of the molecule is C1CC(NC2CCOC2)[C@@H]2C[C@@H]2C1. The first-order valence-electron chi connectivity index (χ1n) is 5.77. The van der Waals surface area contributed by atoms with E-state index in [0.29, 0.717) is 6.04 Å². The summed E-state index contributed by atoms with van der Waals surface area (Å²) in [5.74, 6) is 2.13. The van der Waals surface area contributed by atoms with Crippen LogP contribution in [0.25, 0.3) is 0 Å². The Morgan fingerprint density at radius 1 is 1.15 bits per heavy atom. The fraction of sp³-hybridized carbons (Fsp3) is 1.00. The molecule has 1 aliphatic heterocycles. The van der Waals surface area contributed by atoms with Crippen molar-refractivity contribution in [3.8, 4) is 0 Å². The highest BCUT2D eigenvalue weighted by Gasteiger charge is 2.45. The summed E-state index contributed by atoms with van der Waals surface area (Å²) >= 11 is 0. The average molecular weight is 181 g/mol. The van der Waals surface area contributed by atoms with Crippen molar-refractivity contribution in [2.75, 3.05) is 13.2 Å². The fourth-order valence-corrected chi connectivity index (χ4v) is 3.09. The molecular weight excluding hydrogens is 162 g/mol. The van der Waals surface area contributed by atoms with Crippen molar-refractivity contribution in [3.05, 3.63) is 0 Å². The molecule has 2 saturated carbocycles. The Morgan fingerprint density at radius 3 is 3.00 bits per heavy atom. The molecule has 0 aromatic rings. The predicted octanol–water partition coefficient (Wildman–Crippen LogP) is 1.55. The third-order valence-electron chi connectivity index (χ3n) is 3.96. The molecule has 0 amide bonds. The van der Waals surface area contributed by atoms with Crippen LogP contribution >= 0.6 is 0 Å². The van der Waals surface area contributed by atoms with Gasteiger partial charge < -0.3 is 10.1 Å². The summed E-state index contributed by atoms with van der Waals surface area (Å²) < 4.78 is 5.38. The normalized spacial score (nSPS) is 48.9. The summed E-state index contributed by atoms with van der Waals surface area (Å²) in [5, 5.41) is 3.78. The van der Waals surface area contributed by atoms with E-state index in [1.165, 1.54) is 32.1 Å². The van der Waals surface area contributed by atoms with Gasteiger partial charge in [0.15, 0.2) is 0 Å². The first-order chi connectivity index (χ1) is 6.43. The molecule has 2 unspecified atom stereocenters. The van der Waals surface area contributed by atoms with Crippen molar-refractivity contribution in [3.63, 3.8) is 0 Å². The van der Waals surface area contributed by atoms with E-state index in [9.17, 15) is 0 Å². The molecule has 3 rings (SSSR count). The van der Waals surface area contributed by atoms with Gasteiger partial charge in [0, 0.05) is 18.7 Å². The van der Waals surface area contributed by atoms with Crippen LogP contribution in [0.15, 0.2) is 0 Å². The van der Waals surface area contributed by atoms with Crippen molar-refractivity contribution in [2.45, 2.75) is 44.2 Å². The molecule has 74 valence electrons. The molecule has 4 atom stereocenters. The second-order valence-electron chi connectivity index (χ2n) is 4.92. The van der Waals surface area contributed by atoms with Gasteiger partial charge in [-0.25, -0.2) is 0 Å². The summed E-state index contributed by atoms with van der Waals surface area (Å²) in [6, 6.07) is 1.51. The molecule has 0 aromatic carbocycles. The highest BCUT2D eigenvalue weighted by molar-refractivity contribution is 4.99. The zero-order chi connectivity index (χ0) is 8.67. The number of ether oxygens (including phenoxy) is 1. The van der Waals surface area contributed by atoms with Gasteiger partial charge in [0.2, 0.25) is 0 Å². The third-order valence-corrected chi connectivity index (χ3v) is 3.96. The molecule has 0 spiro atoms. The Bertz CT molecular complexity index is 189. The second kappa shape index (κ2) is 3.25. The first-order valence-corrected chi connectivity index (χ1v) is 5.77. The van der Waals surface area contributed by atoms with Crippen LogP contribution in [0.3, 0.4) is 0 Å². The highest BCUT2D eigenvalue weighted by atomic mass is 16.5. The summed E-state index contributed by atoms with van der Waals surface area (Å²) in [6.07, 6.45) is 7.10. The summed E-state index contributed by atoms with van der Waals surface area (Å²) in [4.78, 5) is 0. The molecule has 1 saturated heterocycles. The minimum Gasteiger partial charge on any atom is -0.380 e. The Balaban J connectivity index is 1.53. The topological polar surface area (TPSA) is 21.3 Å². The highest BCUT2D eigenvalue weighted by Crippen LogP contribution is 2.49. The molecule has 0 radical (unpaired) electrons. The van der Waals surface area contributed by atoms with Crippen molar-refractivity contribution in [2.24, 2.45) is 11.8 Å². The Hall–Kier alpha value is -0.0800. The maximum Gasteiger partial charge on any atom is 0.0620 e.